The molecular weight excluding hydrogens is 226 g/mol. The molecule has 0 aromatic heterocycles. The van der Waals surface area contributed by atoms with Crippen LogP contribution in [0.15, 0.2) is 0 Å². The molecule has 0 fully saturated rings. The molecule has 1 nitrogen and oxygen atoms in total. The summed E-state index contributed by atoms with van der Waals surface area (Å²) in [6, 6.07) is 0. The summed E-state index contributed by atoms with van der Waals surface area (Å²) in [6.45, 7) is 0. The molecule has 0 N–H and O–H groups in total. The Hall–Kier alpha value is 0.622. The molecule has 0 saturated heterocycles. The van der Waals surface area contributed by atoms with Crippen molar-refractivity contribution in [3.8, 4) is 0 Å². The van der Waals surface area contributed by atoms with Crippen LogP contribution in [-0.2, 0) is 25.2 Å². The first-order chi connectivity index (χ1) is 1.41. The average molecular weight is 232 g/mol. The van der Waals surface area contributed by atoms with Gasteiger partial charge in [0.25, 0.3) is 0 Å². The molecule has 0 spiro atoms. The summed E-state index contributed by atoms with van der Waals surface area (Å²) >= 11 is 0. The maximum atomic E-state index is 4.25. The van der Waals surface area contributed by atoms with Crippen LogP contribution in [0.25, 0.3) is 0 Å². The van der Waals surface area contributed by atoms with Crippen molar-refractivity contribution in [1.82, 2.24) is 0 Å². The molecule has 0 aliphatic carbocycles. The average Bonchev–Trinajstić information content (AvgIpc) is 0.918. The summed E-state index contributed by atoms with van der Waals surface area (Å²) in [4.78, 5) is 0. The fraction of sp³-hybridized carbons (Fsp3) is 1.00. The van der Waals surface area contributed by atoms with Crippen molar-refractivity contribution in [3.05, 3.63) is 0 Å². The Bertz CT molecular complexity index is 6.00. The van der Waals surface area contributed by atoms with Crippen molar-refractivity contribution in [2.45, 2.75) is 0 Å². The second-order valence-electron chi connectivity index (χ2n) is 0.408. The van der Waals surface area contributed by atoms with E-state index >= 15 is 0 Å². The van der Waals surface area contributed by atoms with Crippen molar-refractivity contribution in [1.29, 1.82) is 0 Å². The van der Waals surface area contributed by atoms with Crippen LogP contribution in [0.4, 0.5) is 0 Å². The van der Waals surface area contributed by atoms with Gasteiger partial charge in [0, 0.05) is 34.6 Å². The molecule has 1 radical (unpaired) electrons. The summed E-state index contributed by atoms with van der Waals surface area (Å²) in [7, 11) is 3.25. The summed E-state index contributed by atoms with van der Waals surface area (Å²) in [6.07, 6.45) is 0. The van der Waals surface area contributed by atoms with Gasteiger partial charge in [-0.15, -0.1) is 0 Å². The Balaban J connectivity index is 0. The second kappa shape index (κ2) is 9.46. The first-order valence-corrected chi connectivity index (χ1v) is 0.816. The molecule has 0 atom stereocenters. The first kappa shape index (κ1) is 8.82. The molecule has 0 aromatic carbocycles. The predicted molar refractivity (Wildman–Crippen MR) is 12.9 cm³/mol. The van der Waals surface area contributed by atoms with E-state index in [4.69, 9.17) is 0 Å². The fourth-order valence-electron chi connectivity index (χ4n) is 0. The van der Waals surface area contributed by atoms with Crippen LogP contribution < -0.4 is 0 Å². The van der Waals surface area contributed by atoms with E-state index in [0.717, 1.165) is 0 Å². The Morgan fingerprint density at radius 1 is 1.25 bits per heavy atom. The van der Waals surface area contributed by atoms with Crippen molar-refractivity contribution in [2.75, 3.05) is 14.2 Å². The monoisotopic (exact) mass is 233 g/mol. The fourth-order valence-corrected chi connectivity index (χ4v) is 0. The van der Waals surface area contributed by atoms with E-state index < -0.39 is 0 Å². The van der Waals surface area contributed by atoms with E-state index in [9.17, 15) is 0 Å². The standard InChI is InChI=1S/C2H6O.Re/c1-3-2;/h1-2H3;. The summed E-state index contributed by atoms with van der Waals surface area (Å²) in [5, 5.41) is 0. The molecule has 0 saturated carbocycles. The number of ether oxygens (including phenoxy) is 1. The van der Waals surface area contributed by atoms with E-state index in [1.165, 1.54) is 0 Å². The Kier molecular flexibility index (Phi) is 20.9. The van der Waals surface area contributed by atoms with Crippen molar-refractivity contribution >= 4 is 0 Å². The van der Waals surface area contributed by atoms with E-state index in [1.807, 2.05) is 0 Å². The number of hydrogen-bond acceptors (Lipinski definition) is 1. The van der Waals surface area contributed by atoms with Gasteiger partial charge in [-0.2, -0.15) is 0 Å². The van der Waals surface area contributed by atoms with Crippen LogP contribution in [0.3, 0.4) is 0 Å². The van der Waals surface area contributed by atoms with Gasteiger partial charge in [-0.3, -0.25) is 0 Å². The van der Waals surface area contributed by atoms with Gasteiger partial charge in [-0.25, -0.2) is 0 Å². The van der Waals surface area contributed by atoms with E-state index in [-0.39, 0.29) is 20.4 Å². The van der Waals surface area contributed by atoms with Gasteiger partial charge in [-0.05, 0) is 0 Å². The van der Waals surface area contributed by atoms with Crippen molar-refractivity contribution < 1.29 is 25.2 Å². The number of methoxy groups -OCH3 is 1. The summed E-state index contributed by atoms with van der Waals surface area (Å²) < 4.78 is 4.25. The molecule has 0 unspecified atom stereocenters. The van der Waals surface area contributed by atoms with Crippen LogP contribution >= 0.6 is 0 Å². The molecule has 27 valence electrons. The van der Waals surface area contributed by atoms with Gasteiger partial charge in [0.05, 0.1) is 0 Å². The third-order valence-corrected chi connectivity index (χ3v) is 0. The van der Waals surface area contributed by atoms with Gasteiger partial charge in [0.1, 0.15) is 0 Å². The Morgan fingerprint density at radius 3 is 1.25 bits per heavy atom. The Labute approximate surface area is 40.0 Å². The molecular formula is C2H6ORe. The zero-order valence-corrected chi connectivity index (χ0v) is 5.50. The molecule has 2 heteroatoms. The molecule has 0 aliphatic rings. The van der Waals surface area contributed by atoms with Gasteiger partial charge >= 0.3 is 0 Å². The van der Waals surface area contributed by atoms with Crippen LogP contribution in [0, 0.1) is 0 Å². The normalized spacial score (nSPS) is 4.50. The van der Waals surface area contributed by atoms with Crippen LogP contribution in [0.5, 0.6) is 0 Å². The zero-order chi connectivity index (χ0) is 2.71. The molecule has 0 aromatic rings. The molecule has 0 rings (SSSR count). The predicted octanol–water partition coefficient (Wildman–Crippen LogP) is 0.260. The molecule has 0 amide bonds. The SMILES string of the molecule is COC.[Re]. The Morgan fingerprint density at radius 2 is 1.25 bits per heavy atom. The molecule has 4 heavy (non-hydrogen) atoms. The largest absolute Gasteiger partial charge is 0.388 e. The zero-order valence-electron chi connectivity index (χ0n) is 2.79. The molecule has 0 heterocycles. The van der Waals surface area contributed by atoms with Gasteiger partial charge < -0.3 is 4.74 Å². The topological polar surface area (TPSA) is 9.23 Å². The maximum Gasteiger partial charge on any atom is 0.0351 e. The maximum absolute atomic E-state index is 4.25. The van der Waals surface area contributed by atoms with Crippen LogP contribution in [-0.4, -0.2) is 14.2 Å². The van der Waals surface area contributed by atoms with Gasteiger partial charge in [0.15, 0.2) is 0 Å². The molecule has 0 bridgehead atoms. The summed E-state index contributed by atoms with van der Waals surface area (Å²) in [5.41, 5.74) is 0. The van der Waals surface area contributed by atoms with E-state index in [2.05, 4.69) is 4.74 Å². The molecule has 0 aliphatic heterocycles. The van der Waals surface area contributed by atoms with E-state index in [0.29, 0.717) is 0 Å². The summed E-state index contributed by atoms with van der Waals surface area (Å²) in [5.74, 6) is 0. The second-order valence-corrected chi connectivity index (χ2v) is 0.408. The van der Waals surface area contributed by atoms with Gasteiger partial charge in [-0.1, -0.05) is 0 Å². The minimum absolute atomic E-state index is 0. The third kappa shape index (κ3) is 17.8. The van der Waals surface area contributed by atoms with Crippen LogP contribution in [0.1, 0.15) is 0 Å². The first-order valence-electron chi connectivity index (χ1n) is 0.816. The third-order valence-electron chi connectivity index (χ3n) is 0. The minimum atomic E-state index is 0. The van der Waals surface area contributed by atoms with E-state index in [1.54, 1.807) is 14.2 Å². The van der Waals surface area contributed by atoms with Crippen molar-refractivity contribution in [3.63, 3.8) is 0 Å². The van der Waals surface area contributed by atoms with Crippen LogP contribution in [0.2, 0.25) is 0 Å². The number of rotatable bonds is 0. The minimum Gasteiger partial charge on any atom is -0.388 e. The number of hydrogen-bond donors (Lipinski definition) is 0. The van der Waals surface area contributed by atoms with Crippen molar-refractivity contribution in [2.24, 2.45) is 0 Å². The smallest absolute Gasteiger partial charge is 0.0351 e. The van der Waals surface area contributed by atoms with Gasteiger partial charge in [0.2, 0.25) is 0 Å². The quantitative estimate of drug-likeness (QED) is 0.582.